The summed E-state index contributed by atoms with van der Waals surface area (Å²) < 4.78 is 29.8. The SMILES string of the molecule is C#CCOC(=O)N1CCC(N2CCC3(CC2)CN(C(C)=O)c2cccc(C)c23)CC1.CCOC(=O)N1CCC(N2CCC3(CC2)CN(C(C)=O)c2cccc(C)c23)CC1.COc1ccccc1C(=O)N1CCC(N2CCC3(CC2)CN(C(=O)N(C)C)c2ccc(F)cc23)CC1.[HH]. The first-order valence-corrected chi connectivity index (χ1v) is 34.7. The third kappa shape index (κ3) is 14.1. The molecule has 19 nitrogen and oxygen atoms in total. The van der Waals surface area contributed by atoms with Crippen LogP contribution in [0.4, 0.5) is 35.8 Å². The molecular formula is C75H101FN10O9. The second kappa shape index (κ2) is 29.3. The van der Waals surface area contributed by atoms with Crippen LogP contribution < -0.4 is 19.4 Å². The molecule has 512 valence electrons. The van der Waals surface area contributed by atoms with Gasteiger partial charge in [0, 0.05) is 140 Å². The second-order valence-electron chi connectivity index (χ2n) is 28.1. The number of para-hydroxylation sites is 1. The van der Waals surface area contributed by atoms with Crippen molar-refractivity contribution in [2.45, 2.75) is 146 Å². The van der Waals surface area contributed by atoms with Crippen LogP contribution in [0.5, 0.6) is 5.75 Å². The number of carbonyl (C=O) groups is 6. The minimum Gasteiger partial charge on any atom is -0.496 e. The molecule has 0 N–H and O–H groups in total. The summed E-state index contributed by atoms with van der Waals surface area (Å²) in [5, 5.41) is 0. The third-order valence-electron chi connectivity index (χ3n) is 22.6. The van der Waals surface area contributed by atoms with Crippen molar-refractivity contribution in [3.8, 4) is 18.1 Å². The van der Waals surface area contributed by atoms with Gasteiger partial charge in [-0.2, -0.15) is 0 Å². The Kier molecular flexibility index (Phi) is 21.2. The number of anilines is 3. The molecule has 0 aromatic heterocycles. The standard InChI is InChI=1S/C28H35FN4O3.C24H31N3O3.C23H33N3O3.H2/c1-30(2)27(35)33-19-28(23-18-20(29)8-9-24(23)33)12-16-31(17-13-28)21-10-14-32(15-11-21)26(34)22-6-4-5-7-25(22)36-3;1-4-16-30-23(29)26-12-8-20(9-13-26)25-14-10-24(11-15-25)17-27(19(3)28)21-7-5-6-18(2)22(21)24;1-4-29-22(28)25-12-8-19(9-13-25)24-14-10-23(11-15-24)16-26(18(3)27)20-7-5-6-17(2)21(20)23;/h4-9,18,21H,10-17,19H2,1-3H3;1,5-7,20H,8-17H2,2-3H3;5-7,19H,4,8-16H2,1-3H3;1H. The number of carbonyl (C=O) groups excluding carboxylic acids is 6. The maximum Gasteiger partial charge on any atom is 0.410 e. The maximum atomic E-state index is 14.3. The van der Waals surface area contributed by atoms with Crippen molar-refractivity contribution in [1.82, 2.24) is 34.3 Å². The van der Waals surface area contributed by atoms with Gasteiger partial charge in [0.2, 0.25) is 11.8 Å². The molecule has 6 saturated heterocycles. The number of amides is 7. The number of rotatable bonds is 7. The first-order chi connectivity index (χ1) is 45.7. The van der Waals surface area contributed by atoms with Gasteiger partial charge < -0.3 is 58.3 Å². The van der Waals surface area contributed by atoms with Crippen LogP contribution in [0.1, 0.15) is 137 Å². The Hall–Kier alpha value is -7.73. The molecule has 95 heavy (non-hydrogen) atoms. The summed E-state index contributed by atoms with van der Waals surface area (Å²) in [6.45, 7) is 22.7. The number of piperidine rings is 6. The van der Waals surface area contributed by atoms with Gasteiger partial charge in [0.1, 0.15) is 11.6 Å². The van der Waals surface area contributed by atoms with E-state index in [1.54, 1.807) is 57.0 Å². The van der Waals surface area contributed by atoms with Gasteiger partial charge in [-0.15, -0.1) is 6.42 Å². The third-order valence-corrected chi connectivity index (χ3v) is 22.6. The van der Waals surface area contributed by atoms with Gasteiger partial charge in [-0.05, 0) is 207 Å². The van der Waals surface area contributed by atoms with Crippen molar-refractivity contribution in [3.63, 3.8) is 0 Å². The Morgan fingerprint density at radius 3 is 1.42 bits per heavy atom. The normalized spacial score (nSPS) is 21.0. The molecule has 0 aliphatic carbocycles. The lowest BCUT2D eigenvalue weighted by Gasteiger charge is -2.45. The fourth-order valence-electron chi connectivity index (χ4n) is 17.5. The number of terminal acetylenes is 1. The van der Waals surface area contributed by atoms with Crippen LogP contribution in [0.15, 0.2) is 78.9 Å². The molecule has 6 fully saturated rings. The number of likely N-dealkylation sites (tertiary alicyclic amines) is 6. The second-order valence-corrected chi connectivity index (χ2v) is 28.1. The van der Waals surface area contributed by atoms with Crippen molar-refractivity contribution >= 4 is 53.0 Å². The molecule has 4 aromatic rings. The van der Waals surface area contributed by atoms with Crippen LogP contribution in [0, 0.1) is 32.0 Å². The zero-order valence-corrected chi connectivity index (χ0v) is 57.3. The Balaban J connectivity index is 0.000000157. The van der Waals surface area contributed by atoms with Crippen LogP contribution in [-0.4, -0.2) is 221 Å². The van der Waals surface area contributed by atoms with Gasteiger partial charge >= 0.3 is 18.2 Å². The van der Waals surface area contributed by atoms with Crippen molar-refractivity contribution in [2.24, 2.45) is 0 Å². The summed E-state index contributed by atoms with van der Waals surface area (Å²) >= 11 is 0. The first kappa shape index (κ1) is 68.6. The molecule has 4 aromatic carbocycles. The van der Waals surface area contributed by atoms with E-state index in [1.807, 2.05) is 55.7 Å². The molecule has 0 atom stereocenters. The molecule has 13 rings (SSSR count). The van der Waals surface area contributed by atoms with E-state index in [1.165, 1.54) is 28.3 Å². The van der Waals surface area contributed by atoms with E-state index in [-0.39, 0.29) is 66.0 Å². The zero-order valence-electron chi connectivity index (χ0n) is 57.3. The van der Waals surface area contributed by atoms with Gasteiger partial charge in [-0.25, -0.2) is 18.8 Å². The molecule has 7 amide bonds. The number of hydrogen-bond donors (Lipinski definition) is 0. The van der Waals surface area contributed by atoms with Crippen molar-refractivity contribution in [2.75, 3.05) is 147 Å². The predicted octanol–water partition coefficient (Wildman–Crippen LogP) is 10.5. The zero-order chi connectivity index (χ0) is 67.3. The van der Waals surface area contributed by atoms with Crippen molar-refractivity contribution in [1.29, 1.82) is 0 Å². The number of ether oxygens (including phenoxy) is 3. The van der Waals surface area contributed by atoms with Crippen LogP contribution in [0.25, 0.3) is 0 Å². The number of hydrogen-bond acceptors (Lipinski definition) is 12. The van der Waals surface area contributed by atoms with Crippen LogP contribution >= 0.6 is 0 Å². The highest BCUT2D eigenvalue weighted by molar-refractivity contribution is 5.98. The minimum atomic E-state index is -0.300. The number of methoxy groups -OCH3 is 1. The average molecular weight is 1310 g/mol. The topological polar surface area (TPSA) is 163 Å². The van der Waals surface area contributed by atoms with E-state index < -0.39 is 0 Å². The fraction of sp³-hybridized carbons (Fsp3) is 0.573. The lowest BCUT2D eigenvalue weighted by Crippen LogP contribution is -2.52. The number of fused-ring (bicyclic) bond motifs is 6. The summed E-state index contributed by atoms with van der Waals surface area (Å²) in [6.07, 6.45) is 16.6. The number of aryl methyl sites for hydroxylation is 2. The lowest BCUT2D eigenvalue weighted by molar-refractivity contribution is -0.117. The van der Waals surface area contributed by atoms with Gasteiger partial charge in [0.25, 0.3) is 5.91 Å². The van der Waals surface area contributed by atoms with E-state index in [2.05, 4.69) is 70.9 Å². The van der Waals surface area contributed by atoms with Crippen molar-refractivity contribution < 1.29 is 48.8 Å². The van der Waals surface area contributed by atoms with Crippen LogP contribution in [0.3, 0.4) is 0 Å². The molecule has 20 heteroatoms. The quantitative estimate of drug-likeness (QED) is 0.161. The molecule has 9 aliphatic rings. The fourth-order valence-corrected chi connectivity index (χ4v) is 17.5. The van der Waals surface area contributed by atoms with Gasteiger partial charge in [-0.1, -0.05) is 42.3 Å². The molecule has 9 aliphatic heterocycles. The molecule has 9 heterocycles. The number of benzene rings is 4. The highest BCUT2D eigenvalue weighted by Gasteiger charge is 2.51. The van der Waals surface area contributed by atoms with Gasteiger partial charge in [0.05, 0.1) is 19.3 Å². The smallest absolute Gasteiger partial charge is 0.410 e. The predicted molar refractivity (Wildman–Crippen MR) is 369 cm³/mol. The van der Waals surface area contributed by atoms with Crippen LogP contribution in [-0.2, 0) is 35.3 Å². The van der Waals surface area contributed by atoms with Gasteiger partial charge in [0.15, 0.2) is 6.61 Å². The largest absolute Gasteiger partial charge is 0.496 e. The minimum absolute atomic E-state index is 0. The molecule has 0 unspecified atom stereocenters. The molecule has 0 saturated carbocycles. The summed E-state index contributed by atoms with van der Waals surface area (Å²) in [6, 6.07) is 26.3. The summed E-state index contributed by atoms with van der Waals surface area (Å²) in [5.74, 6) is 3.00. The Labute approximate surface area is 563 Å². The summed E-state index contributed by atoms with van der Waals surface area (Å²) in [4.78, 5) is 95.0. The van der Waals surface area contributed by atoms with E-state index >= 15 is 0 Å². The molecule has 0 radical (unpaired) electrons. The van der Waals surface area contributed by atoms with E-state index in [0.29, 0.717) is 42.6 Å². The molecular weight excluding hydrogens is 1200 g/mol. The van der Waals surface area contributed by atoms with E-state index in [0.717, 1.165) is 191 Å². The van der Waals surface area contributed by atoms with Crippen LogP contribution in [0.2, 0.25) is 0 Å². The van der Waals surface area contributed by atoms with E-state index in [4.69, 9.17) is 20.6 Å². The number of urea groups is 1. The first-order valence-electron chi connectivity index (χ1n) is 34.7. The monoisotopic (exact) mass is 1300 g/mol. The summed E-state index contributed by atoms with van der Waals surface area (Å²) in [5.41, 5.74) is 9.98. The lowest BCUT2D eigenvalue weighted by atomic mass is 9.72. The molecule has 0 bridgehead atoms. The van der Waals surface area contributed by atoms with Gasteiger partial charge in [-0.3, -0.25) is 19.3 Å². The Morgan fingerprint density at radius 1 is 0.558 bits per heavy atom. The summed E-state index contributed by atoms with van der Waals surface area (Å²) in [7, 11) is 5.10. The average Bonchev–Trinajstić information content (AvgIpc) is 1.59. The highest BCUT2D eigenvalue weighted by atomic mass is 19.1. The Bertz CT molecular complexity index is 3500. The molecule has 3 spiro atoms. The van der Waals surface area contributed by atoms with Crippen molar-refractivity contribution in [3.05, 3.63) is 118 Å². The Morgan fingerprint density at radius 2 is 0.989 bits per heavy atom. The maximum absolute atomic E-state index is 14.3. The highest BCUT2D eigenvalue weighted by Crippen LogP contribution is 2.52. The van der Waals surface area contributed by atoms with E-state index in [9.17, 15) is 33.2 Å². The number of halogens is 1. The number of nitrogens with zero attached hydrogens (tertiary/aromatic N) is 10.